The normalized spacial score (nSPS) is 15.9. The molecule has 13 rings (SSSR count). The summed E-state index contributed by atoms with van der Waals surface area (Å²) in [5.41, 5.74) is 22.2. The number of para-hydroxylation sites is 2. The Bertz CT molecular complexity index is 3250. The van der Waals surface area contributed by atoms with Gasteiger partial charge in [0.15, 0.2) is 0 Å². The quantitative estimate of drug-likeness (QED) is 0.135. The minimum Gasteiger partial charge on any atom is -0.310 e. The first-order valence-electron chi connectivity index (χ1n) is 24.0. The second-order valence-corrected chi connectivity index (χ2v) is 19.5. The average molecular weight is 849 g/mol. The van der Waals surface area contributed by atoms with Crippen LogP contribution < -0.4 is 9.80 Å². The van der Waals surface area contributed by atoms with Crippen LogP contribution >= 0.6 is 0 Å². The number of benzene rings is 9. The Labute approximate surface area is 389 Å². The van der Waals surface area contributed by atoms with Crippen molar-refractivity contribution >= 4 is 34.1 Å². The minimum absolute atomic E-state index is 0.385. The van der Waals surface area contributed by atoms with Gasteiger partial charge in [-0.2, -0.15) is 0 Å². The van der Waals surface area contributed by atoms with E-state index in [1.54, 1.807) is 0 Å². The lowest BCUT2D eigenvalue weighted by atomic mass is 9.67. The SMILES string of the molecule is CC1(C)c2cc(N(c3ccccc3)c3cccc(C4CC4)c3)ccc2-c2c3c(cc(N(c4ccccc4)c4cccc(C5CC5)c4)c21)C(c1ccccc1)(c1ccccc1)c1ccccc1-3. The summed E-state index contributed by atoms with van der Waals surface area (Å²) in [6, 6.07) is 82.6. The summed E-state index contributed by atoms with van der Waals surface area (Å²) < 4.78 is 0. The van der Waals surface area contributed by atoms with E-state index >= 15 is 0 Å². The smallest absolute Gasteiger partial charge is 0.0714 e. The van der Waals surface area contributed by atoms with E-state index < -0.39 is 5.41 Å². The Morgan fingerprint density at radius 1 is 0.364 bits per heavy atom. The number of fused-ring (bicyclic) bond motifs is 7. The van der Waals surface area contributed by atoms with Crippen LogP contribution in [0.2, 0.25) is 0 Å². The first-order valence-corrected chi connectivity index (χ1v) is 24.0. The van der Waals surface area contributed by atoms with Crippen molar-refractivity contribution in [1.29, 1.82) is 0 Å². The minimum atomic E-state index is -0.569. The highest BCUT2D eigenvalue weighted by Crippen LogP contribution is 2.66. The van der Waals surface area contributed by atoms with Crippen molar-refractivity contribution in [3.05, 3.63) is 263 Å². The molecular weight excluding hydrogens is 797 g/mol. The third-order valence-electron chi connectivity index (χ3n) is 15.2. The van der Waals surface area contributed by atoms with Gasteiger partial charge in [0.05, 0.1) is 11.1 Å². The van der Waals surface area contributed by atoms with Crippen LogP contribution in [0.1, 0.15) is 95.9 Å². The molecule has 4 aliphatic carbocycles. The number of nitrogens with zero attached hydrogens (tertiary/aromatic N) is 2. The van der Waals surface area contributed by atoms with Crippen LogP contribution in [0.4, 0.5) is 34.1 Å². The van der Waals surface area contributed by atoms with Crippen LogP contribution in [0.5, 0.6) is 0 Å². The lowest BCUT2D eigenvalue weighted by molar-refractivity contribution is 0.660. The zero-order valence-electron chi connectivity index (χ0n) is 37.7. The van der Waals surface area contributed by atoms with E-state index in [0.29, 0.717) is 11.8 Å². The van der Waals surface area contributed by atoms with Crippen molar-refractivity contribution < 1.29 is 0 Å². The van der Waals surface area contributed by atoms with Gasteiger partial charge < -0.3 is 9.80 Å². The summed E-state index contributed by atoms with van der Waals surface area (Å²) in [5, 5.41) is 0. The van der Waals surface area contributed by atoms with Crippen LogP contribution in [0.25, 0.3) is 22.3 Å². The van der Waals surface area contributed by atoms with Gasteiger partial charge in [-0.05, 0) is 171 Å². The monoisotopic (exact) mass is 848 g/mol. The fourth-order valence-electron chi connectivity index (χ4n) is 11.9. The summed E-state index contributed by atoms with van der Waals surface area (Å²) in [7, 11) is 0. The first-order chi connectivity index (χ1) is 32.5. The van der Waals surface area contributed by atoms with Crippen molar-refractivity contribution in [2.45, 2.75) is 62.2 Å². The Morgan fingerprint density at radius 3 is 1.41 bits per heavy atom. The third-order valence-corrected chi connectivity index (χ3v) is 15.2. The summed E-state index contributed by atoms with van der Waals surface area (Å²) >= 11 is 0. The van der Waals surface area contributed by atoms with Crippen molar-refractivity contribution in [2.75, 3.05) is 9.80 Å². The van der Waals surface area contributed by atoms with Gasteiger partial charge in [0.1, 0.15) is 0 Å². The molecule has 2 fully saturated rings. The maximum Gasteiger partial charge on any atom is 0.0714 e. The molecule has 2 nitrogen and oxygen atoms in total. The summed E-state index contributed by atoms with van der Waals surface area (Å²) in [5.74, 6) is 1.29. The lowest BCUT2D eigenvalue weighted by Gasteiger charge is -2.37. The molecule has 9 aromatic rings. The highest BCUT2D eigenvalue weighted by atomic mass is 15.2. The summed E-state index contributed by atoms with van der Waals surface area (Å²) in [4.78, 5) is 5.06. The predicted octanol–water partition coefficient (Wildman–Crippen LogP) is 17.1. The van der Waals surface area contributed by atoms with Gasteiger partial charge in [-0.3, -0.25) is 0 Å². The van der Waals surface area contributed by atoms with E-state index in [4.69, 9.17) is 0 Å². The fourth-order valence-corrected chi connectivity index (χ4v) is 11.9. The Balaban J connectivity index is 1.13. The van der Waals surface area contributed by atoms with Gasteiger partial charge in [-0.1, -0.05) is 166 Å². The van der Waals surface area contributed by atoms with Gasteiger partial charge in [0.25, 0.3) is 0 Å². The number of hydrogen-bond donors (Lipinski definition) is 0. The highest BCUT2D eigenvalue weighted by Gasteiger charge is 2.51. The lowest BCUT2D eigenvalue weighted by Crippen LogP contribution is -2.29. The fraction of sp³-hybridized carbons (Fsp3) is 0.156. The number of hydrogen-bond acceptors (Lipinski definition) is 2. The molecular formula is C64H52N2. The molecule has 0 aromatic heterocycles. The molecule has 0 spiro atoms. The van der Waals surface area contributed by atoms with Crippen molar-refractivity contribution in [2.24, 2.45) is 0 Å². The van der Waals surface area contributed by atoms with Crippen molar-refractivity contribution in [1.82, 2.24) is 0 Å². The summed E-state index contributed by atoms with van der Waals surface area (Å²) in [6.45, 7) is 4.95. The molecule has 2 heteroatoms. The Hall–Kier alpha value is -7.42. The van der Waals surface area contributed by atoms with Crippen LogP contribution in [-0.4, -0.2) is 0 Å². The number of anilines is 6. The van der Waals surface area contributed by atoms with Crippen LogP contribution in [0.3, 0.4) is 0 Å². The van der Waals surface area contributed by atoms with Gasteiger partial charge in [0, 0.05) is 33.9 Å². The van der Waals surface area contributed by atoms with Gasteiger partial charge in [0.2, 0.25) is 0 Å². The van der Waals surface area contributed by atoms with E-state index in [9.17, 15) is 0 Å². The molecule has 66 heavy (non-hydrogen) atoms. The second kappa shape index (κ2) is 15.1. The molecule has 0 aliphatic heterocycles. The Kier molecular flexibility index (Phi) is 8.90. The first kappa shape index (κ1) is 39.0. The standard InChI is InChI=1S/C64H52N2/c1-63(2)57-41-53(65(49-25-11-5-12-26-49)51-29-17-19-45(39-51)43-33-34-43)37-38-55(57)61-60-54-31-15-16-32-56(54)64(47-21-7-3-8-22-47,48-23-9-4-10-24-48)58(60)42-59(62(61)63)66(50-27-13-6-14-28-50)52-30-18-20-46(40-52)44-35-36-44/h3-32,37-44H,33-36H2,1-2H3. The highest BCUT2D eigenvalue weighted by molar-refractivity contribution is 6.05. The zero-order chi connectivity index (χ0) is 44.0. The molecule has 4 aliphatic rings. The van der Waals surface area contributed by atoms with E-state index in [1.807, 2.05) is 0 Å². The molecule has 0 bridgehead atoms. The molecule has 0 atom stereocenters. The van der Waals surface area contributed by atoms with E-state index in [2.05, 4.69) is 242 Å². The molecule has 0 heterocycles. The molecule has 0 N–H and O–H groups in total. The maximum absolute atomic E-state index is 2.61. The van der Waals surface area contributed by atoms with E-state index in [1.165, 1.54) is 115 Å². The van der Waals surface area contributed by atoms with Gasteiger partial charge >= 0.3 is 0 Å². The topological polar surface area (TPSA) is 6.48 Å². The molecule has 0 unspecified atom stereocenters. The average Bonchev–Trinajstić information content (AvgIpc) is 4.32. The largest absolute Gasteiger partial charge is 0.310 e. The van der Waals surface area contributed by atoms with Gasteiger partial charge in [-0.25, -0.2) is 0 Å². The molecule has 0 saturated heterocycles. The molecule has 318 valence electrons. The van der Waals surface area contributed by atoms with Crippen molar-refractivity contribution in [3.8, 4) is 22.3 Å². The zero-order valence-corrected chi connectivity index (χ0v) is 37.7. The van der Waals surface area contributed by atoms with Gasteiger partial charge in [-0.15, -0.1) is 0 Å². The third kappa shape index (κ3) is 6.01. The maximum atomic E-state index is 2.61. The van der Waals surface area contributed by atoms with E-state index in [0.717, 1.165) is 11.4 Å². The van der Waals surface area contributed by atoms with Crippen LogP contribution in [0, 0.1) is 0 Å². The van der Waals surface area contributed by atoms with Crippen LogP contribution in [0.15, 0.2) is 218 Å². The van der Waals surface area contributed by atoms with E-state index in [-0.39, 0.29) is 5.41 Å². The molecule has 9 aromatic carbocycles. The number of rotatable bonds is 10. The second-order valence-electron chi connectivity index (χ2n) is 19.5. The predicted molar refractivity (Wildman–Crippen MR) is 275 cm³/mol. The molecule has 0 radical (unpaired) electrons. The Morgan fingerprint density at radius 2 is 0.833 bits per heavy atom. The van der Waals surface area contributed by atoms with Crippen LogP contribution in [-0.2, 0) is 10.8 Å². The van der Waals surface area contributed by atoms with Crippen molar-refractivity contribution in [3.63, 3.8) is 0 Å². The summed E-state index contributed by atoms with van der Waals surface area (Å²) in [6.07, 6.45) is 5.06. The molecule has 2 saturated carbocycles. The molecule has 0 amide bonds.